The fraction of sp³-hybridized carbons (Fsp3) is 0.333. The van der Waals surface area contributed by atoms with Crippen LogP contribution in [0.2, 0.25) is 0 Å². The fourth-order valence-electron chi connectivity index (χ4n) is 2.74. The van der Waals surface area contributed by atoms with E-state index in [9.17, 15) is 5.11 Å². The minimum atomic E-state index is -1.02. The number of hydrogen-bond donors (Lipinski definition) is 1. The van der Waals surface area contributed by atoms with Crippen molar-refractivity contribution in [1.82, 2.24) is 0 Å². The lowest BCUT2D eigenvalue weighted by Crippen LogP contribution is -2.32. The van der Waals surface area contributed by atoms with Gasteiger partial charge in [0.05, 0.1) is 0 Å². The summed E-state index contributed by atoms with van der Waals surface area (Å²) in [5, 5.41) is 10.7. The van der Waals surface area contributed by atoms with Crippen molar-refractivity contribution in [2.45, 2.75) is 45.1 Å². The molecular weight excluding hydrogens is 268 g/mol. The van der Waals surface area contributed by atoms with Gasteiger partial charge in [0, 0.05) is 5.56 Å². The van der Waals surface area contributed by atoms with Crippen LogP contribution in [0.15, 0.2) is 54.6 Å². The highest BCUT2D eigenvalue weighted by Gasteiger charge is 2.30. The number of rotatable bonds is 3. The molecule has 22 heavy (non-hydrogen) atoms. The molecule has 114 valence electrons. The zero-order chi connectivity index (χ0) is 16.2. The Morgan fingerprint density at radius 2 is 1.50 bits per heavy atom. The topological polar surface area (TPSA) is 20.2 Å². The summed E-state index contributed by atoms with van der Waals surface area (Å²) < 4.78 is 0. The molecule has 0 aliphatic carbocycles. The summed E-state index contributed by atoms with van der Waals surface area (Å²) in [6, 6.07) is 18.3. The second-order valence-corrected chi connectivity index (χ2v) is 6.82. The summed E-state index contributed by atoms with van der Waals surface area (Å²) in [6.07, 6.45) is 0.586. The van der Waals surface area contributed by atoms with Crippen LogP contribution in [-0.2, 0) is 5.41 Å². The SMILES string of the molecule is Cc1ccc(C#CC(C)(O)CC(C)(C)c2ccccc2)cc1. The van der Waals surface area contributed by atoms with Crippen LogP contribution in [0.1, 0.15) is 43.9 Å². The van der Waals surface area contributed by atoms with E-state index in [1.807, 2.05) is 42.5 Å². The summed E-state index contributed by atoms with van der Waals surface area (Å²) in [5.41, 5.74) is 2.20. The smallest absolute Gasteiger partial charge is 0.123 e. The molecule has 2 aromatic carbocycles. The van der Waals surface area contributed by atoms with E-state index in [1.165, 1.54) is 11.1 Å². The molecule has 0 aliphatic rings. The van der Waals surface area contributed by atoms with E-state index in [0.717, 1.165) is 5.56 Å². The van der Waals surface area contributed by atoms with Crippen molar-refractivity contribution in [2.75, 3.05) is 0 Å². The van der Waals surface area contributed by atoms with Gasteiger partial charge in [0.15, 0.2) is 0 Å². The zero-order valence-corrected chi connectivity index (χ0v) is 13.9. The van der Waals surface area contributed by atoms with Crippen LogP contribution in [0.25, 0.3) is 0 Å². The Bertz CT molecular complexity index is 667. The summed E-state index contributed by atoms with van der Waals surface area (Å²) in [4.78, 5) is 0. The van der Waals surface area contributed by atoms with Gasteiger partial charge in [-0.25, -0.2) is 0 Å². The number of aliphatic hydroxyl groups is 1. The number of hydrogen-bond acceptors (Lipinski definition) is 1. The lowest BCUT2D eigenvalue weighted by molar-refractivity contribution is 0.0887. The van der Waals surface area contributed by atoms with E-state index in [4.69, 9.17) is 0 Å². The summed E-state index contributed by atoms with van der Waals surface area (Å²) >= 11 is 0. The van der Waals surface area contributed by atoms with E-state index in [2.05, 4.69) is 44.7 Å². The average Bonchev–Trinajstić information content (AvgIpc) is 2.47. The van der Waals surface area contributed by atoms with Gasteiger partial charge < -0.3 is 5.11 Å². The van der Waals surface area contributed by atoms with Gasteiger partial charge in [-0.15, -0.1) is 0 Å². The fourth-order valence-corrected chi connectivity index (χ4v) is 2.74. The monoisotopic (exact) mass is 292 g/mol. The molecule has 0 heterocycles. The second kappa shape index (κ2) is 6.38. The van der Waals surface area contributed by atoms with Crippen LogP contribution in [-0.4, -0.2) is 10.7 Å². The van der Waals surface area contributed by atoms with Gasteiger partial charge in [0.2, 0.25) is 0 Å². The molecule has 0 spiro atoms. The Labute approximate surface area is 134 Å². The van der Waals surface area contributed by atoms with Crippen molar-refractivity contribution in [3.63, 3.8) is 0 Å². The highest BCUT2D eigenvalue weighted by molar-refractivity contribution is 5.38. The van der Waals surface area contributed by atoms with Gasteiger partial charge in [-0.2, -0.15) is 0 Å². The van der Waals surface area contributed by atoms with E-state index in [-0.39, 0.29) is 5.41 Å². The van der Waals surface area contributed by atoms with Crippen LogP contribution in [0.3, 0.4) is 0 Å². The largest absolute Gasteiger partial charge is 0.378 e. The quantitative estimate of drug-likeness (QED) is 0.828. The van der Waals surface area contributed by atoms with Crippen molar-refractivity contribution in [2.24, 2.45) is 0 Å². The average molecular weight is 292 g/mol. The first-order chi connectivity index (χ1) is 10.3. The van der Waals surface area contributed by atoms with E-state index in [1.54, 1.807) is 6.92 Å². The van der Waals surface area contributed by atoms with Crippen molar-refractivity contribution in [1.29, 1.82) is 0 Å². The molecule has 1 atom stereocenters. The molecule has 0 bridgehead atoms. The highest BCUT2D eigenvalue weighted by atomic mass is 16.3. The Morgan fingerprint density at radius 1 is 0.909 bits per heavy atom. The molecule has 0 aromatic heterocycles. The van der Waals surface area contributed by atoms with Crippen LogP contribution in [0, 0.1) is 18.8 Å². The molecular formula is C21H24O. The Hall–Kier alpha value is -2.04. The van der Waals surface area contributed by atoms with Crippen molar-refractivity contribution < 1.29 is 5.11 Å². The van der Waals surface area contributed by atoms with Crippen LogP contribution >= 0.6 is 0 Å². The predicted octanol–water partition coefficient (Wildman–Crippen LogP) is 4.47. The molecule has 0 aliphatic heterocycles. The third-order valence-electron chi connectivity index (χ3n) is 3.87. The third-order valence-corrected chi connectivity index (χ3v) is 3.87. The van der Waals surface area contributed by atoms with Crippen molar-refractivity contribution in [3.8, 4) is 11.8 Å². The van der Waals surface area contributed by atoms with Gasteiger partial charge in [-0.1, -0.05) is 73.7 Å². The molecule has 1 heteroatoms. The minimum Gasteiger partial charge on any atom is -0.378 e. The first-order valence-corrected chi connectivity index (χ1v) is 7.66. The molecule has 1 unspecified atom stereocenters. The molecule has 2 rings (SSSR count). The van der Waals surface area contributed by atoms with Crippen LogP contribution in [0.5, 0.6) is 0 Å². The Balaban J connectivity index is 2.16. The maximum atomic E-state index is 10.7. The van der Waals surface area contributed by atoms with Crippen molar-refractivity contribution in [3.05, 3.63) is 71.3 Å². The number of aryl methyl sites for hydroxylation is 1. The normalized spacial score (nSPS) is 13.9. The zero-order valence-electron chi connectivity index (χ0n) is 13.9. The second-order valence-electron chi connectivity index (χ2n) is 6.82. The van der Waals surface area contributed by atoms with E-state index in [0.29, 0.717) is 6.42 Å². The van der Waals surface area contributed by atoms with Gasteiger partial charge in [-0.05, 0) is 43.4 Å². The molecule has 0 saturated carbocycles. The van der Waals surface area contributed by atoms with Crippen LogP contribution < -0.4 is 0 Å². The molecule has 0 amide bonds. The maximum Gasteiger partial charge on any atom is 0.123 e. The van der Waals surface area contributed by atoms with Gasteiger partial charge >= 0.3 is 0 Å². The summed E-state index contributed by atoms with van der Waals surface area (Å²) in [7, 11) is 0. The van der Waals surface area contributed by atoms with Gasteiger partial charge in [-0.3, -0.25) is 0 Å². The van der Waals surface area contributed by atoms with Gasteiger partial charge in [0.1, 0.15) is 5.60 Å². The standard InChI is InChI=1S/C21H24O/c1-17-10-12-18(13-11-17)14-15-21(4,22)16-20(2,3)19-8-6-5-7-9-19/h5-13,22H,16H2,1-4H3. The summed E-state index contributed by atoms with van der Waals surface area (Å²) in [5.74, 6) is 6.11. The Kier molecular flexibility index (Phi) is 4.74. The molecule has 0 fully saturated rings. The van der Waals surface area contributed by atoms with E-state index >= 15 is 0 Å². The number of benzene rings is 2. The summed E-state index contributed by atoms with van der Waals surface area (Å²) in [6.45, 7) is 8.13. The molecule has 0 radical (unpaired) electrons. The van der Waals surface area contributed by atoms with Crippen molar-refractivity contribution >= 4 is 0 Å². The van der Waals surface area contributed by atoms with Gasteiger partial charge in [0.25, 0.3) is 0 Å². The van der Waals surface area contributed by atoms with E-state index < -0.39 is 5.60 Å². The predicted molar refractivity (Wildman–Crippen MR) is 92.8 cm³/mol. The first-order valence-electron chi connectivity index (χ1n) is 7.66. The minimum absolute atomic E-state index is 0.132. The molecule has 2 aromatic rings. The molecule has 1 N–H and O–H groups in total. The molecule has 0 saturated heterocycles. The lowest BCUT2D eigenvalue weighted by Gasteiger charge is -2.31. The molecule has 1 nitrogen and oxygen atoms in total. The lowest BCUT2D eigenvalue weighted by atomic mass is 9.76. The third kappa shape index (κ3) is 4.48. The first kappa shape index (κ1) is 16.3. The highest BCUT2D eigenvalue weighted by Crippen LogP contribution is 2.31. The maximum absolute atomic E-state index is 10.7. The Morgan fingerprint density at radius 3 is 2.09 bits per heavy atom. The van der Waals surface area contributed by atoms with Crippen LogP contribution in [0.4, 0.5) is 0 Å².